The summed E-state index contributed by atoms with van der Waals surface area (Å²) in [5, 5.41) is 6.22. The van der Waals surface area contributed by atoms with E-state index < -0.39 is 12.0 Å². The minimum atomic E-state index is -2.51. The Morgan fingerprint density at radius 1 is 1.07 bits per heavy atom. The molecule has 2 rings (SSSR count). The van der Waals surface area contributed by atoms with Crippen molar-refractivity contribution in [3.05, 3.63) is 0 Å². The molecule has 0 aromatic carbocycles. The molecule has 0 aliphatic carbocycles. The molecule has 3 nitrogen and oxygen atoms in total. The summed E-state index contributed by atoms with van der Waals surface area (Å²) < 4.78 is 27.1. The molecule has 0 bridgehead atoms. The van der Waals surface area contributed by atoms with Gasteiger partial charge in [0.15, 0.2) is 0 Å². The number of hydrogen-bond donors (Lipinski definition) is 2. The summed E-state index contributed by atoms with van der Waals surface area (Å²) in [7, 11) is 0. The lowest BCUT2D eigenvalue weighted by atomic mass is 10.0. The number of alkyl halides is 2. The van der Waals surface area contributed by atoms with Crippen LogP contribution in [0.25, 0.3) is 0 Å². The molecule has 0 aromatic rings. The Balaban J connectivity index is 1.99. The number of nitrogens with one attached hydrogen (secondary N) is 2. The third kappa shape index (κ3) is 2.04. The van der Waals surface area contributed by atoms with Crippen LogP contribution >= 0.6 is 0 Å². The molecule has 1 atom stereocenters. The van der Waals surface area contributed by atoms with E-state index in [1.165, 1.54) is 0 Å². The lowest BCUT2D eigenvalue weighted by Crippen LogP contribution is -2.61. The van der Waals surface area contributed by atoms with Crippen molar-refractivity contribution in [1.29, 1.82) is 0 Å². The van der Waals surface area contributed by atoms with Crippen LogP contribution in [0.5, 0.6) is 0 Å². The van der Waals surface area contributed by atoms with Gasteiger partial charge in [-0.15, -0.1) is 0 Å². The van der Waals surface area contributed by atoms with Crippen molar-refractivity contribution in [2.75, 3.05) is 39.3 Å². The Morgan fingerprint density at radius 2 is 1.79 bits per heavy atom. The third-order valence-electron chi connectivity index (χ3n) is 3.05. The van der Waals surface area contributed by atoms with Crippen molar-refractivity contribution >= 4 is 0 Å². The van der Waals surface area contributed by atoms with Crippen LogP contribution in [-0.4, -0.2) is 56.1 Å². The summed E-state index contributed by atoms with van der Waals surface area (Å²) in [4.78, 5) is 1.91. The number of halogens is 2. The van der Waals surface area contributed by atoms with E-state index in [2.05, 4.69) is 10.6 Å². The fourth-order valence-corrected chi connectivity index (χ4v) is 2.20. The highest BCUT2D eigenvalue weighted by Crippen LogP contribution is 2.28. The van der Waals surface area contributed by atoms with E-state index in [-0.39, 0.29) is 6.42 Å². The predicted octanol–water partition coefficient (Wildman–Crippen LogP) is -0.111. The summed E-state index contributed by atoms with van der Waals surface area (Å²) >= 11 is 0. The Morgan fingerprint density at radius 3 is 2.43 bits per heavy atom. The van der Waals surface area contributed by atoms with Gasteiger partial charge in [0.1, 0.15) is 0 Å². The zero-order valence-electron chi connectivity index (χ0n) is 8.23. The molecule has 14 heavy (non-hydrogen) atoms. The first-order chi connectivity index (χ1) is 6.70. The van der Waals surface area contributed by atoms with Gasteiger partial charge < -0.3 is 10.6 Å². The fourth-order valence-electron chi connectivity index (χ4n) is 2.20. The van der Waals surface area contributed by atoms with Crippen LogP contribution in [-0.2, 0) is 0 Å². The molecule has 2 saturated heterocycles. The van der Waals surface area contributed by atoms with Gasteiger partial charge in [0.2, 0.25) is 0 Å². The molecule has 2 heterocycles. The van der Waals surface area contributed by atoms with Crippen LogP contribution in [0.4, 0.5) is 8.78 Å². The fraction of sp³-hybridized carbons (Fsp3) is 1.00. The summed E-state index contributed by atoms with van der Waals surface area (Å²) in [5.74, 6) is -2.51. The standard InChI is InChI=1S/C9H17F2N3/c10-9(11)1-2-13-7-8(9)14-5-3-12-4-6-14/h8,12-13H,1-7H2/t8-/m0/s1. The zero-order chi connectivity index (χ0) is 10.0. The van der Waals surface area contributed by atoms with Crippen LogP contribution in [0.15, 0.2) is 0 Å². The van der Waals surface area contributed by atoms with Crippen LogP contribution < -0.4 is 10.6 Å². The molecule has 2 aliphatic heterocycles. The average Bonchev–Trinajstić information content (AvgIpc) is 2.18. The number of nitrogens with zero attached hydrogens (tertiary/aromatic N) is 1. The predicted molar refractivity (Wildman–Crippen MR) is 50.7 cm³/mol. The summed E-state index contributed by atoms with van der Waals surface area (Å²) in [6, 6.07) is -0.599. The SMILES string of the molecule is FC1(F)CCNC[C@@H]1N1CCNCC1. The van der Waals surface area contributed by atoms with Gasteiger partial charge in [0.05, 0.1) is 6.04 Å². The second-order valence-electron chi connectivity index (χ2n) is 4.02. The van der Waals surface area contributed by atoms with Gasteiger partial charge in [-0.05, 0) is 0 Å². The topological polar surface area (TPSA) is 27.3 Å². The highest BCUT2D eigenvalue weighted by molar-refractivity contribution is 4.92. The molecule has 82 valence electrons. The second kappa shape index (κ2) is 4.08. The number of piperidine rings is 1. The first kappa shape index (κ1) is 10.3. The van der Waals surface area contributed by atoms with Gasteiger partial charge in [-0.25, -0.2) is 8.78 Å². The number of hydrogen-bond acceptors (Lipinski definition) is 3. The minimum Gasteiger partial charge on any atom is -0.315 e. The maximum atomic E-state index is 13.6. The van der Waals surface area contributed by atoms with Crippen LogP contribution in [0.1, 0.15) is 6.42 Å². The average molecular weight is 205 g/mol. The second-order valence-corrected chi connectivity index (χ2v) is 4.02. The molecule has 2 fully saturated rings. The van der Waals surface area contributed by atoms with E-state index >= 15 is 0 Å². The van der Waals surface area contributed by atoms with Crippen LogP contribution in [0.2, 0.25) is 0 Å². The quantitative estimate of drug-likeness (QED) is 0.625. The maximum Gasteiger partial charge on any atom is 0.265 e. The molecular weight excluding hydrogens is 188 g/mol. The Bertz CT molecular complexity index is 192. The first-order valence-corrected chi connectivity index (χ1v) is 5.23. The molecule has 0 unspecified atom stereocenters. The van der Waals surface area contributed by atoms with Gasteiger partial charge in [-0.3, -0.25) is 4.90 Å². The monoisotopic (exact) mass is 205 g/mol. The molecule has 0 aromatic heterocycles. The smallest absolute Gasteiger partial charge is 0.265 e. The van der Waals surface area contributed by atoms with E-state index in [1.54, 1.807) is 0 Å². The highest BCUT2D eigenvalue weighted by Gasteiger charge is 2.44. The third-order valence-corrected chi connectivity index (χ3v) is 3.05. The largest absolute Gasteiger partial charge is 0.315 e. The van der Waals surface area contributed by atoms with Crippen LogP contribution in [0, 0.1) is 0 Å². The summed E-state index contributed by atoms with van der Waals surface area (Å²) in [5.41, 5.74) is 0. The summed E-state index contributed by atoms with van der Waals surface area (Å²) in [6.45, 7) is 3.99. The first-order valence-electron chi connectivity index (χ1n) is 5.23. The molecular formula is C9H17F2N3. The van der Waals surface area contributed by atoms with Crippen molar-refractivity contribution in [2.45, 2.75) is 18.4 Å². The van der Waals surface area contributed by atoms with E-state index in [0.717, 1.165) is 26.2 Å². The Kier molecular flexibility index (Phi) is 2.99. The van der Waals surface area contributed by atoms with E-state index in [9.17, 15) is 8.78 Å². The number of piperazine rings is 1. The molecule has 0 saturated carbocycles. The molecule has 5 heteroatoms. The minimum absolute atomic E-state index is 0.0262. The van der Waals surface area contributed by atoms with Gasteiger partial charge in [0, 0.05) is 45.7 Å². The van der Waals surface area contributed by atoms with Crippen molar-refractivity contribution in [2.24, 2.45) is 0 Å². The van der Waals surface area contributed by atoms with Gasteiger partial charge >= 0.3 is 0 Å². The van der Waals surface area contributed by atoms with Crippen molar-refractivity contribution < 1.29 is 8.78 Å². The Labute approximate surface area is 82.8 Å². The number of rotatable bonds is 1. The lowest BCUT2D eigenvalue weighted by Gasteiger charge is -2.41. The van der Waals surface area contributed by atoms with Crippen molar-refractivity contribution in [3.8, 4) is 0 Å². The Hall–Kier alpha value is -0.260. The van der Waals surface area contributed by atoms with Crippen molar-refractivity contribution in [3.63, 3.8) is 0 Å². The highest BCUT2D eigenvalue weighted by atomic mass is 19.3. The lowest BCUT2D eigenvalue weighted by molar-refractivity contribution is -0.101. The molecule has 0 spiro atoms. The molecule has 2 N–H and O–H groups in total. The maximum absolute atomic E-state index is 13.6. The van der Waals surface area contributed by atoms with E-state index in [4.69, 9.17) is 0 Å². The van der Waals surface area contributed by atoms with Crippen LogP contribution in [0.3, 0.4) is 0 Å². The summed E-state index contributed by atoms with van der Waals surface area (Å²) in [6.07, 6.45) is -0.0262. The van der Waals surface area contributed by atoms with E-state index in [1.807, 2.05) is 4.90 Å². The van der Waals surface area contributed by atoms with Gasteiger partial charge in [-0.1, -0.05) is 0 Å². The van der Waals surface area contributed by atoms with E-state index in [0.29, 0.717) is 13.1 Å². The molecule has 0 radical (unpaired) electrons. The van der Waals surface area contributed by atoms with Gasteiger partial charge in [0.25, 0.3) is 5.92 Å². The normalized spacial score (nSPS) is 34.3. The molecule has 0 amide bonds. The zero-order valence-corrected chi connectivity index (χ0v) is 8.23. The van der Waals surface area contributed by atoms with Gasteiger partial charge in [-0.2, -0.15) is 0 Å². The molecule has 2 aliphatic rings. The van der Waals surface area contributed by atoms with Crippen molar-refractivity contribution in [1.82, 2.24) is 15.5 Å².